The highest BCUT2D eigenvalue weighted by molar-refractivity contribution is 8.00. The summed E-state index contributed by atoms with van der Waals surface area (Å²) in [6, 6.07) is 9.67. The zero-order valence-corrected chi connectivity index (χ0v) is 11.9. The second-order valence-electron chi connectivity index (χ2n) is 3.99. The lowest BCUT2D eigenvalue weighted by atomic mass is 10.1. The summed E-state index contributed by atoms with van der Waals surface area (Å²) in [6.45, 7) is 1.66. The van der Waals surface area contributed by atoms with Gasteiger partial charge in [-0.3, -0.25) is 4.79 Å². The molecular formula is C14H20O4S. The van der Waals surface area contributed by atoms with Gasteiger partial charge in [-0.05, 0) is 12.0 Å². The SMILES string of the molecule is COCCOCCSC(Cc1ccccc1)C(=O)O. The van der Waals surface area contributed by atoms with Gasteiger partial charge < -0.3 is 14.6 Å². The number of methoxy groups -OCH3 is 1. The second kappa shape index (κ2) is 9.83. The number of carbonyl (C=O) groups is 1. The predicted octanol–water partition coefficient (Wildman–Crippen LogP) is 2.08. The fraction of sp³-hybridized carbons (Fsp3) is 0.500. The molecule has 106 valence electrons. The van der Waals surface area contributed by atoms with Crippen LogP contribution in [-0.4, -0.2) is 49.0 Å². The molecule has 4 nitrogen and oxygen atoms in total. The molecule has 0 amide bonds. The molecule has 1 aromatic rings. The quantitative estimate of drug-likeness (QED) is 0.667. The molecule has 1 N–H and O–H groups in total. The standard InChI is InChI=1S/C14H20O4S/c1-17-7-8-18-9-10-19-13(14(15)16)11-12-5-3-2-4-6-12/h2-6,13H,7-11H2,1H3,(H,15,16). The molecule has 0 aliphatic heterocycles. The Hall–Kier alpha value is -1.04. The fourth-order valence-electron chi connectivity index (χ4n) is 1.54. The van der Waals surface area contributed by atoms with Crippen LogP contribution < -0.4 is 0 Å². The Morgan fingerprint density at radius 1 is 1.26 bits per heavy atom. The highest BCUT2D eigenvalue weighted by Crippen LogP contribution is 2.16. The zero-order valence-electron chi connectivity index (χ0n) is 11.1. The first-order valence-electron chi connectivity index (χ1n) is 6.19. The van der Waals surface area contributed by atoms with Gasteiger partial charge in [0.1, 0.15) is 5.25 Å². The van der Waals surface area contributed by atoms with E-state index in [1.165, 1.54) is 11.8 Å². The van der Waals surface area contributed by atoms with Crippen molar-refractivity contribution in [1.29, 1.82) is 0 Å². The van der Waals surface area contributed by atoms with E-state index in [2.05, 4.69) is 0 Å². The smallest absolute Gasteiger partial charge is 0.316 e. The maximum atomic E-state index is 11.2. The number of rotatable bonds is 10. The van der Waals surface area contributed by atoms with Crippen LogP contribution in [-0.2, 0) is 20.7 Å². The lowest BCUT2D eigenvalue weighted by Gasteiger charge is -2.12. The molecular weight excluding hydrogens is 264 g/mol. The Bertz CT molecular complexity index is 356. The van der Waals surface area contributed by atoms with Crippen molar-refractivity contribution in [2.24, 2.45) is 0 Å². The number of aliphatic carboxylic acids is 1. The zero-order chi connectivity index (χ0) is 13.9. The molecule has 0 saturated carbocycles. The third kappa shape index (κ3) is 7.20. The van der Waals surface area contributed by atoms with E-state index in [1.807, 2.05) is 30.3 Å². The Morgan fingerprint density at radius 3 is 2.63 bits per heavy atom. The molecule has 0 bridgehead atoms. The van der Waals surface area contributed by atoms with E-state index in [1.54, 1.807) is 7.11 Å². The third-order valence-electron chi connectivity index (χ3n) is 2.52. The first kappa shape index (κ1) is 16.0. The Kier molecular flexibility index (Phi) is 8.29. The van der Waals surface area contributed by atoms with E-state index in [0.29, 0.717) is 32.0 Å². The fourth-order valence-corrected chi connectivity index (χ4v) is 2.49. The molecule has 1 rings (SSSR count). The molecule has 0 radical (unpaired) electrons. The van der Waals surface area contributed by atoms with Gasteiger partial charge in [-0.2, -0.15) is 0 Å². The molecule has 1 atom stereocenters. The van der Waals surface area contributed by atoms with Crippen molar-refractivity contribution in [3.63, 3.8) is 0 Å². The molecule has 0 aliphatic carbocycles. The number of ether oxygens (including phenoxy) is 2. The van der Waals surface area contributed by atoms with Crippen LogP contribution in [0.5, 0.6) is 0 Å². The van der Waals surface area contributed by atoms with Crippen molar-refractivity contribution in [2.45, 2.75) is 11.7 Å². The number of carboxylic acids is 1. The third-order valence-corrected chi connectivity index (χ3v) is 3.69. The van der Waals surface area contributed by atoms with Crippen LogP contribution in [0.25, 0.3) is 0 Å². The lowest BCUT2D eigenvalue weighted by molar-refractivity contribution is -0.136. The average Bonchev–Trinajstić information content (AvgIpc) is 2.42. The van der Waals surface area contributed by atoms with Crippen LogP contribution in [0.4, 0.5) is 0 Å². The van der Waals surface area contributed by atoms with E-state index in [-0.39, 0.29) is 0 Å². The minimum absolute atomic E-state index is 0.423. The Labute approximate surface area is 118 Å². The van der Waals surface area contributed by atoms with Crippen molar-refractivity contribution in [3.8, 4) is 0 Å². The second-order valence-corrected chi connectivity index (χ2v) is 5.30. The Morgan fingerprint density at radius 2 is 2.00 bits per heavy atom. The van der Waals surface area contributed by atoms with Crippen molar-refractivity contribution in [2.75, 3.05) is 32.7 Å². The van der Waals surface area contributed by atoms with Crippen molar-refractivity contribution in [1.82, 2.24) is 0 Å². The summed E-state index contributed by atoms with van der Waals surface area (Å²) in [5, 5.41) is 8.77. The highest BCUT2D eigenvalue weighted by atomic mass is 32.2. The highest BCUT2D eigenvalue weighted by Gasteiger charge is 2.18. The number of hydrogen-bond acceptors (Lipinski definition) is 4. The van der Waals surface area contributed by atoms with Gasteiger partial charge in [-0.1, -0.05) is 30.3 Å². The molecule has 1 aromatic carbocycles. The lowest BCUT2D eigenvalue weighted by Crippen LogP contribution is -2.20. The maximum absolute atomic E-state index is 11.2. The minimum Gasteiger partial charge on any atom is -0.480 e. The van der Waals surface area contributed by atoms with Gasteiger partial charge in [0.25, 0.3) is 0 Å². The van der Waals surface area contributed by atoms with Gasteiger partial charge >= 0.3 is 5.97 Å². The number of benzene rings is 1. The van der Waals surface area contributed by atoms with E-state index in [4.69, 9.17) is 9.47 Å². The molecule has 0 fully saturated rings. The van der Waals surface area contributed by atoms with Gasteiger partial charge in [0.05, 0.1) is 19.8 Å². The summed E-state index contributed by atoms with van der Waals surface area (Å²) in [5.74, 6) is -0.0983. The molecule has 0 heterocycles. The first-order valence-corrected chi connectivity index (χ1v) is 7.24. The van der Waals surface area contributed by atoms with Crippen LogP contribution in [0.3, 0.4) is 0 Å². The number of thioether (sulfide) groups is 1. The predicted molar refractivity (Wildman–Crippen MR) is 76.7 cm³/mol. The van der Waals surface area contributed by atoms with Gasteiger partial charge in [-0.15, -0.1) is 11.8 Å². The topological polar surface area (TPSA) is 55.8 Å². The van der Waals surface area contributed by atoms with Crippen LogP contribution in [0, 0.1) is 0 Å². The van der Waals surface area contributed by atoms with Crippen molar-refractivity contribution < 1.29 is 19.4 Å². The maximum Gasteiger partial charge on any atom is 0.316 e. The van der Waals surface area contributed by atoms with E-state index in [0.717, 1.165) is 5.56 Å². The van der Waals surface area contributed by atoms with Crippen molar-refractivity contribution in [3.05, 3.63) is 35.9 Å². The van der Waals surface area contributed by atoms with E-state index < -0.39 is 11.2 Å². The minimum atomic E-state index is -0.772. The summed E-state index contributed by atoms with van der Waals surface area (Å²) >= 11 is 1.42. The summed E-state index contributed by atoms with van der Waals surface area (Å²) in [4.78, 5) is 11.2. The van der Waals surface area contributed by atoms with Gasteiger partial charge in [0.15, 0.2) is 0 Å². The molecule has 0 aliphatic rings. The molecule has 5 heteroatoms. The van der Waals surface area contributed by atoms with Gasteiger partial charge in [0, 0.05) is 12.9 Å². The molecule has 19 heavy (non-hydrogen) atoms. The summed E-state index contributed by atoms with van der Waals surface area (Å²) < 4.78 is 10.2. The largest absolute Gasteiger partial charge is 0.480 e. The average molecular weight is 284 g/mol. The summed E-state index contributed by atoms with van der Waals surface area (Å²) in [7, 11) is 1.62. The monoisotopic (exact) mass is 284 g/mol. The van der Waals surface area contributed by atoms with Crippen LogP contribution in [0.1, 0.15) is 5.56 Å². The first-order chi connectivity index (χ1) is 9.24. The van der Waals surface area contributed by atoms with Gasteiger partial charge in [0.2, 0.25) is 0 Å². The normalized spacial score (nSPS) is 12.3. The van der Waals surface area contributed by atoms with Gasteiger partial charge in [-0.25, -0.2) is 0 Å². The molecule has 0 spiro atoms. The molecule has 0 saturated heterocycles. The van der Waals surface area contributed by atoms with Crippen LogP contribution in [0.15, 0.2) is 30.3 Å². The van der Waals surface area contributed by atoms with Crippen LogP contribution in [0.2, 0.25) is 0 Å². The summed E-state index contributed by atoms with van der Waals surface area (Å²) in [6.07, 6.45) is 0.541. The van der Waals surface area contributed by atoms with E-state index >= 15 is 0 Å². The summed E-state index contributed by atoms with van der Waals surface area (Å²) in [5.41, 5.74) is 1.04. The molecule has 1 unspecified atom stereocenters. The van der Waals surface area contributed by atoms with E-state index in [9.17, 15) is 9.90 Å². The van der Waals surface area contributed by atoms with Crippen molar-refractivity contribution >= 4 is 17.7 Å². The Balaban J connectivity index is 2.27. The number of carboxylic acid groups (broad SMARTS) is 1. The van der Waals surface area contributed by atoms with Crippen LogP contribution >= 0.6 is 11.8 Å². The number of hydrogen-bond donors (Lipinski definition) is 1. The molecule has 0 aromatic heterocycles.